The highest BCUT2D eigenvalue weighted by Crippen LogP contribution is 2.46. The van der Waals surface area contributed by atoms with Crippen LogP contribution in [-0.2, 0) is 26.2 Å². The summed E-state index contributed by atoms with van der Waals surface area (Å²) in [5.74, 6) is -0.141. The maximum Gasteiger partial charge on any atom is 0.323 e. The third-order valence-corrected chi connectivity index (χ3v) is 7.07. The van der Waals surface area contributed by atoms with Crippen LogP contribution in [0.1, 0.15) is 112 Å². The number of rotatable bonds is 11. The third-order valence-electron chi connectivity index (χ3n) is 7.07. The van der Waals surface area contributed by atoms with Crippen molar-refractivity contribution in [1.29, 1.82) is 0 Å². The smallest absolute Gasteiger partial charge is 0.323 e. The first-order valence-corrected chi connectivity index (χ1v) is 13.2. The van der Waals surface area contributed by atoms with Crippen LogP contribution in [0.25, 0.3) is 0 Å². The standard InChI is InChI=1S/C31H42O4/c1-7-8-9-10-11-12-18-34-27(32)17-16-23-19-25-28(24-15-13-14-21(2)22(24)3)30(33)35-29(25)26(20-23)31(4,5)6/h13-15,19-20,28H,7-12,16-18H2,1-6H3. The molecule has 0 aromatic heterocycles. The summed E-state index contributed by atoms with van der Waals surface area (Å²) >= 11 is 0. The first-order chi connectivity index (χ1) is 16.6. The van der Waals surface area contributed by atoms with Gasteiger partial charge in [0.25, 0.3) is 0 Å². The Hall–Kier alpha value is -2.62. The summed E-state index contributed by atoms with van der Waals surface area (Å²) in [7, 11) is 0. The Morgan fingerprint density at radius 3 is 2.43 bits per heavy atom. The number of ether oxygens (including phenoxy) is 2. The zero-order chi connectivity index (χ0) is 25.6. The Morgan fingerprint density at radius 2 is 1.71 bits per heavy atom. The van der Waals surface area contributed by atoms with E-state index >= 15 is 0 Å². The molecule has 0 aliphatic carbocycles. The summed E-state index contributed by atoms with van der Waals surface area (Å²) in [6, 6.07) is 10.2. The molecule has 1 aliphatic heterocycles. The highest BCUT2D eigenvalue weighted by Gasteiger charge is 2.39. The van der Waals surface area contributed by atoms with Crippen LogP contribution < -0.4 is 4.74 Å². The first kappa shape index (κ1) is 27.0. The fraction of sp³-hybridized carbons (Fsp3) is 0.548. The number of carbonyl (C=O) groups excluding carboxylic acids is 2. The van der Waals surface area contributed by atoms with Crippen molar-refractivity contribution < 1.29 is 19.1 Å². The lowest BCUT2D eigenvalue weighted by Gasteiger charge is -2.23. The molecule has 3 rings (SSSR count). The molecular formula is C31H42O4. The maximum atomic E-state index is 13.1. The number of fused-ring (bicyclic) bond motifs is 1. The highest BCUT2D eigenvalue weighted by molar-refractivity contribution is 5.91. The van der Waals surface area contributed by atoms with Gasteiger partial charge >= 0.3 is 11.9 Å². The van der Waals surface area contributed by atoms with E-state index in [0.717, 1.165) is 46.2 Å². The molecule has 0 saturated carbocycles. The Morgan fingerprint density at radius 1 is 1.00 bits per heavy atom. The second-order valence-electron chi connectivity index (χ2n) is 10.9. The van der Waals surface area contributed by atoms with Gasteiger partial charge < -0.3 is 9.47 Å². The van der Waals surface area contributed by atoms with E-state index in [1.165, 1.54) is 25.7 Å². The van der Waals surface area contributed by atoms with Gasteiger partial charge in [0.1, 0.15) is 11.7 Å². The molecule has 0 radical (unpaired) electrons. The lowest BCUT2D eigenvalue weighted by molar-refractivity contribution is -0.143. The molecule has 190 valence electrons. The average molecular weight is 479 g/mol. The van der Waals surface area contributed by atoms with E-state index in [4.69, 9.17) is 9.47 Å². The summed E-state index contributed by atoms with van der Waals surface area (Å²) in [4.78, 5) is 25.5. The largest absolute Gasteiger partial charge is 0.466 e. The van der Waals surface area contributed by atoms with Crippen LogP contribution in [0.5, 0.6) is 5.75 Å². The lowest BCUT2D eigenvalue weighted by atomic mass is 9.80. The van der Waals surface area contributed by atoms with Crippen LogP contribution >= 0.6 is 0 Å². The van der Waals surface area contributed by atoms with Gasteiger partial charge in [0.2, 0.25) is 0 Å². The van der Waals surface area contributed by atoms with Crippen LogP contribution in [0.15, 0.2) is 30.3 Å². The number of hydrogen-bond acceptors (Lipinski definition) is 4. The predicted octanol–water partition coefficient (Wildman–Crippen LogP) is 7.49. The van der Waals surface area contributed by atoms with Crippen LogP contribution in [0, 0.1) is 13.8 Å². The summed E-state index contributed by atoms with van der Waals surface area (Å²) in [5, 5.41) is 0. The fourth-order valence-electron chi connectivity index (χ4n) is 4.80. The van der Waals surface area contributed by atoms with Crippen molar-refractivity contribution in [1.82, 2.24) is 0 Å². The quantitative estimate of drug-likeness (QED) is 0.191. The molecule has 0 fully saturated rings. The summed E-state index contributed by atoms with van der Waals surface area (Å²) in [6.07, 6.45) is 7.94. The molecule has 0 spiro atoms. The number of unbranched alkanes of at least 4 members (excludes halogenated alkanes) is 5. The van der Waals surface area contributed by atoms with Gasteiger partial charge in [-0.2, -0.15) is 0 Å². The number of carbonyl (C=O) groups is 2. The van der Waals surface area contributed by atoms with Crippen molar-refractivity contribution in [3.05, 3.63) is 63.7 Å². The van der Waals surface area contributed by atoms with Crippen molar-refractivity contribution in [3.8, 4) is 5.75 Å². The fourth-order valence-corrected chi connectivity index (χ4v) is 4.80. The Kier molecular flexibility index (Phi) is 9.15. The molecule has 0 amide bonds. The summed E-state index contributed by atoms with van der Waals surface area (Å²) in [5.41, 5.74) is 6.02. The van der Waals surface area contributed by atoms with E-state index in [9.17, 15) is 9.59 Å². The number of benzene rings is 2. The van der Waals surface area contributed by atoms with E-state index in [1.54, 1.807) is 0 Å². The van der Waals surface area contributed by atoms with E-state index in [0.29, 0.717) is 25.2 Å². The van der Waals surface area contributed by atoms with Gasteiger partial charge in [-0.25, -0.2) is 0 Å². The molecule has 0 bridgehead atoms. The first-order valence-electron chi connectivity index (χ1n) is 13.2. The van der Waals surface area contributed by atoms with Gasteiger partial charge in [-0.1, -0.05) is 90.1 Å². The van der Waals surface area contributed by atoms with Crippen molar-refractivity contribution in [3.63, 3.8) is 0 Å². The van der Waals surface area contributed by atoms with E-state index in [-0.39, 0.29) is 17.4 Å². The summed E-state index contributed by atoms with van der Waals surface area (Å²) in [6.45, 7) is 13.2. The number of esters is 2. The van der Waals surface area contributed by atoms with E-state index in [2.05, 4.69) is 59.7 Å². The van der Waals surface area contributed by atoms with Crippen molar-refractivity contribution in [2.75, 3.05) is 6.61 Å². The predicted molar refractivity (Wildman–Crippen MR) is 141 cm³/mol. The van der Waals surface area contributed by atoms with Gasteiger partial charge in [-0.05, 0) is 54.4 Å². The number of hydrogen-bond donors (Lipinski definition) is 0. The van der Waals surface area contributed by atoms with Crippen LogP contribution in [0.3, 0.4) is 0 Å². The Labute approximate surface area is 211 Å². The SMILES string of the molecule is CCCCCCCCOC(=O)CCc1cc2c(c(C(C)(C)C)c1)OC(=O)C2c1cccc(C)c1C. The second kappa shape index (κ2) is 11.9. The van der Waals surface area contributed by atoms with Gasteiger partial charge in [0.05, 0.1) is 6.61 Å². The monoisotopic (exact) mass is 478 g/mol. The lowest BCUT2D eigenvalue weighted by Crippen LogP contribution is -2.14. The van der Waals surface area contributed by atoms with Crippen LogP contribution in [-0.4, -0.2) is 18.5 Å². The van der Waals surface area contributed by atoms with Gasteiger partial charge in [-0.15, -0.1) is 0 Å². The van der Waals surface area contributed by atoms with Crippen LogP contribution in [0.4, 0.5) is 0 Å². The molecule has 1 atom stereocenters. The molecular weight excluding hydrogens is 436 g/mol. The minimum atomic E-state index is -0.439. The van der Waals surface area contributed by atoms with Gasteiger partial charge in [-0.3, -0.25) is 9.59 Å². The zero-order valence-corrected chi connectivity index (χ0v) is 22.5. The Balaban J connectivity index is 1.75. The maximum absolute atomic E-state index is 13.1. The van der Waals surface area contributed by atoms with Crippen molar-refractivity contribution >= 4 is 11.9 Å². The molecule has 0 saturated heterocycles. The molecule has 35 heavy (non-hydrogen) atoms. The molecule has 2 aromatic rings. The second-order valence-corrected chi connectivity index (χ2v) is 10.9. The molecule has 1 heterocycles. The average Bonchev–Trinajstić information content (AvgIpc) is 3.13. The third kappa shape index (κ3) is 6.74. The Bertz CT molecular complexity index is 1040. The molecule has 1 aliphatic rings. The minimum Gasteiger partial charge on any atom is -0.466 e. The van der Waals surface area contributed by atoms with E-state index < -0.39 is 5.92 Å². The molecule has 4 nitrogen and oxygen atoms in total. The van der Waals surface area contributed by atoms with Crippen molar-refractivity contribution in [2.45, 2.75) is 104 Å². The summed E-state index contributed by atoms with van der Waals surface area (Å²) < 4.78 is 11.4. The topological polar surface area (TPSA) is 52.6 Å². The number of aryl methyl sites for hydroxylation is 2. The molecule has 0 N–H and O–H groups in total. The van der Waals surface area contributed by atoms with E-state index in [1.807, 2.05) is 12.1 Å². The van der Waals surface area contributed by atoms with Crippen LogP contribution in [0.2, 0.25) is 0 Å². The normalized spacial score (nSPS) is 15.1. The molecule has 1 unspecified atom stereocenters. The highest BCUT2D eigenvalue weighted by atomic mass is 16.5. The van der Waals surface area contributed by atoms with Gasteiger partial charge in [0.15, 0.2) is 0 Å². The van der Waals surface area contributed by atoms with Gasteiger partial charge in [0, 0.05) is 17.5 Å². The van der Waals surface area contributed by atoms with Crippen molar-refractivity contribution in [2.24, 2.45) is 0 Å². The molecule has 4 heteroatoms. The minimum absolute atomic E-state index is 0.158. The zero-order valence-electron chi connectivity index (χ0n) is 22.5. The molecule has 2 aromatic carbocycles.